The van der Waals surface area contributed by atoms with Crippen molar-refractivity contribution in [3.05, 3.63) is 51.2 Å². The Bertz CT molecular complexity index is 478. The standard InChI is InChI=1S/C10H5ClFNOS/c11-6-2-1-3-7(12)8(6)9(14)10-13-4-5-15-10/h1-5H. The fourth-order valence-electron chi connectivity index (χ4n) is 1.16. The van der Waals surface area contributed by atoms with Gasteiger partial charge in [-0.1, -0.05) is 17.7 Å². The van der Waals surface area contributed by atoms with Crippen molar-refractivity contribution in [3.63, 3.8) is 0 Å². The lowest BCUT2D eigenvalue weighted by atomic mass is 10.1. The van der Waals surface area contributed by atoms with Crippen molar-refractivity contribution in [2.45, 2.75) is 0 Å². The van der Waals surface area contributed by atoms with E-state index in [9.17, 15) is 9.18 Å². The maximum atomic E-state index is 13.4. The molecule has 0 saturated heterocycles. The third-order valence-corrected chi connectivity index (χ3v) is 2.90. The summed E-state index contributed by atoms with van der Waals surface area (Å²) in [7, 11) is 0. The van der Waals surface area contributed by atoms with Crippen LogP contribution in [-0.4, -0.2) is 10.8 Å². The van der Waals surface area contributed by atoms with E-state index in [-0.39, 0.29) is 15.6 Å². The SMILES string of the molecule is O=C(c1nccs1)c1c(F)cccc1Cl. The molecule has 0 spiro atoms. The predicted octanol–water partition coefficient (Wildman–Crippen LogP) is 3.17. The van der Waals surface area contributed by atoms with Gasteiger partial charge in [0.2, 0.25) is 5.78 Å². The number of hydrogen-bond donors (Lipinski definition) is 0. The largest absolute Gasteiger partial charge is 0.286 e. The minimum atomic E-state index is -0.623. The van der Waals surface area contributed by atoms with Gasteiger partial charge in [0.15, 0.2) is 5.01 Å². The number of halogens is 2. The minimum Gasteiger partial charge on any atom is -0.286 e. The molecule has 0 bridgehead atoms. The molecule has 76 valence electrons. The number of carbonyl (C=O) groups excluding carboxylic acids is 1. The monoisotopic (exact) mass is 241 g/mol. The zero-order valence-corrected chi connectivity index (χ0v) is 8.98. The first kappa shape index (κ1) is 10.3. The van der Waals surface area contributed by atoms with Crippen LogP contribution in [0.25, 0.3) is 0 Å². The zero-order valence-electron chi connectivity index (χ0n) is 7.41. The summed E-state index contributed by atoms with van der Waals surface area (Å²) < 4.78 is 13.4. The van der Waals surface area contributed by atoms with Gasteiger partial charge in [-0.05, 0) is 12.1 Å². The Balaban J connectivity index is 2.51. The fraction of sp³-hybridized carbons (Fsp3) is 0. The number of rotatable bonds is 2. The summed E-state index contributed by atoms with van der Waals surface area (Å²) in [6.45, 7) is 0. The van der Waals surface area contributed by atoms with Crippen LogP contribution in [0.4, 0.5) is 4.39 Å². The number of hydrogen-bond acceptors (Lipinski definition) is 3. The van der Waals surface area contributed by atoms with Crippen molar-refractivity contribution in [1.29, 1.82) is 0 Å². The second-order valence-corrected chi connectivity index (χ2v) is 4.06. The van der Waals surface area contributed by atoms with Gasteiger partial charge in [-0.2, -0.15) is 0 Å². The molecule has 0 atom stereocenters. The van der Waals surface area contributed by atoms with E-state index in [0.717, 1.165) is 11.3 Å². The molecule has 0 N–H and O–H groups in total. The van der Waals surface area contributed by atoms with Gasteiger partial charge in [-0.25, -0.2) is 9.37 Å². The summed E-state index contributed by atoms with van der Waals surface area (Å²) in [5.74, 6) is -1.10. The Morgan fingerprint density at radius 2 is 2.27 bits per heavy atom. The number of benzene rings is 1. The predicted molar refractivity (Wildman–Crippen MR) is 57.0 cm³/mol. The van der Waals surface area contributed by atoms with Crippen LogP contribution in [0.15, 0.2) is 29.8 Å². The van der Waals surface area contributed by atoms with E-state index < -0.39 is 11.6 Å². The normalized spacial score (nSPS) is 10.3. The Labute approximate surface area is 94.3 Å². The van der Waals surface area contributed by atoms with Gasteiger partial charge in [-0.3, -0.25) is 4.79 Å². The first-order valence-corrected chi connectivity index (χ1v) is 5.34. The van der Waals surface area contributed by atoms with Crippen molar-refractivity contribution in [1.82, 2.24) is 4.98 Å². The van der Waals surface area contributed by atoms with Gasteiger partial charge in [0.1, 0.15) is 5.82 Å². The smallest absolute Gasteiger partial charge is 0.225 e. The van der Waals surface area contributed by atoms with Crippen molar-refractivity contribution < 1.29 is 9.18 Å². The van der Waals surface area contributed by atoms with E-state index in [0.29, 0.717) is 0 Å². The Hall–Kier alpha value is -1.26. The molecule has 0 aliphatic carbocycles. The number of aromatic nitrogens is 1. The van der Waals surface area contributed by atoms with Crippen LogP contribution in [0.2, 0.25) is 5.02 Å². The molecular weight excluding hydrogens is 237 g/mol. The van der Waals surface area contributed by atoms with Gasteiger partial charge < -0.3 is 0 Å². The van der Waals surface area contributed by atoms with Crippen LogP contribution >= 0.6 is 22.9 Å². The van der Waals surface area contributed by atoms with Crippen molar-refractivity contribution >= 4 is 28.7 Å². The summed E-state index contributed by atoms with van der Waals surface area (Å²) in [6, 6.07) is 4.13. The summed E-state index contributed by atoms with van der Waals surface area (Å²) in [6.07, 6.45) is 1.49. The summed E-state index contributed by atoms with van der Waals surface area (Å²) in [5, 5.41) is 2.00. The second-order valence-electron chi connectivity index (χ2n) is 2.76. The van der Waals surface area contributed by atoms with Crippen LogP contribution in [0, 0.1) is 5.82 Å². The third-order valence-electron chi connectivity index (χ3n) is 1.82. The van der Waals surface area contributed by atoms with Crippen molar-refractivity contribution in [3.8, 4) is 0 Å². The number of nitrogens with zero attached hydrogens (tertiary/aromatic N) is 1. The molecule has 2 nitrogen and oxygen atoms in total. The van der Waals surface area contributed by atoms with Crippen LogP contribution < -0.4 is 0 Å². The molecule has 2 rings (SSSR count). The highest BCUT2D eigenvalue weighted by Crippen LogP contribution is 2.22. The minimum absolute atomic E-state index is 0.107. The van der Waals surface area contributed by atoms with Crippen molar-refractivity contribution in [2.24, 2.45) is 0 Å². The van der Waals surface area contributed by atoms with Gasteiger partial charge in [0.25, 0.3) is 0 Å². The maximum Gasteiger partial charge on any atom is 0.225 e. The molecule has 5 heteroatoms. The molecule has 0 aliphatic rings. The first-order valence-electron chi connectivity index (χ1n) is 4.08. The molecule has 1 heterocycles. The van der Waals surface area contributed by atoms with Crippen LogP contribution in [0.3, 0.4) is 0 Å². The second kappa shape index (κ2) is 4.08. The highest BCUT2D eigenvalue weighted by atomic mass is 35.5. The van der Waals surface area contributed by atoms with E-state index in [2.05, 4.69) is 4.98 Å². The average molecular weight is 242 g/mol. The fourth-order valence-corrected chi connectivity index (χ4v) is 1.99. The molecule has 0 aliphatic heterocycles. The zero-order chi connectivity index (χ0) is 10.8. The van der Waals surface area contributed by atoms with E-state index in [1.807, 2.05) is 0 Å². The highest BCUT2D eigenvalue weighted by Gasteiger charge is 2.19. The van der Waals surface area contributed by atoms with Crippen LogP contribution in [-0.2, 0) is 0 Å². The van der Waals surface area contributed by atoms with Gasteiger partial charge in [0, 0.05) is 11.6 Å². The molecule has 1 aromatic carbocycles. The molecule has 1 aromatic heterocycles. The Kier molecular flexibility index (Phi) is 2.79. The molecule has 15 heavy (non-hydrogen) atoms. The molecule has 0 radical (unpaired) electrons. The van der Waals surface area contributed by atoms with Crippen LogP contribution in [0.1, 0.15) is 15.4 Å². The topological polar surface area (TPSA) is 30.0 Å². The lowest BCUT2D eigenvalue weighted by Gasteiger charge is -2.01. The molecule has 0 fully saturated rings. The highest BCUT2D eigenvalue weighted by molar-refractivity contribution is 7.11. The molecule has 2 aromatic rings. The van der Waals surface area contributed by atoms with E-state index in [1.165, 1.54) is 24.4 Å². The molecule has 0 unspecified atom stereocenters. The lowest BCUT2D eigenvalue weighted by Crippen LogP contribution is -2.04. The van der Waals surface area contributed by atoms with Gasteiger partial charge in [-0.15, -0.1) is 11.3 Å². The number of ketones is 1. The summed E-state index contributed by atoms with van der Waals surface area (Å²) >= 11 is 6.91. The summed E-state index contributed by atoms with van der Waals surface area (Å²) in [5.41, 5.74) is -0.117. The number of carbonyl (C=O) groups is 1. The third kappa shape index (κ3) is 1.91. The molecular formula is C10H5ClFNOS. The van der Waals surface area contributed by atoms with Gasteiger partial charge >= 0.3 is 0 Å². The average Bonchev–Trinajstić information content (AvgIpc) is 2.69. The van der Waals surface area contributed by atoms with Gasteiger partial charge in [0.05, 0.1) is 10.6 Å². The van der Waals surface area contributed by atoms with E-state index in [4.69, 9.17) is 11.6 Å². The lowest BCUT2D eigenvalue weighted by molar-refractivity contribution is 0.103. The maximum absolute atomic E-state index is 13.4. The Morgan fingerprint density at radius 1 is 1.47 bits per heavy atom. The van der Waals surface area contributed by atoms with E-state index >= 15 is 0 Å². The quantitative estimate of drug-likeness (QED) is 0.756. The first-order chi connectivity index (χ1) is 7.20. The molecule has 0 amide bonds. The molecule has 0 saturated carbocycles. The van der Waals surface area contributed by atoms with E-state index in [1.54, 1.807) is 5.38 Å². The number of thiazole rings is 1. The van der Waals surface area contributed by atoms with Crippen LogP contribution in [0.5, 0.6) is 0 Å². The Morgan fingerprint density at radius 3 is 2.87 bits per heavy atom. The summed E-state index contributed by atoms with van der Waals surface area (Å²) in [4.78, 5) is 15.6. The van der Waals surface area contributed by atoms with Crippen molar-refractivity contribution in [2.75, 3.05) is 0 Å².